The van der Waals surface area contributed by atoms with E-state index >= 15 is 0 Å². The van der Waals surface area contributed by atoms with E-state index < -0.39 is 5.91 Å². The van der Waals surface area contributed by atoms with Crippen LogP contribution in [0.25, 0.3) is 0 Å². The molecular formula is C25H28Cl2N6O2. The summed E-state index contributed by atoms with van der Waals surface area (Å²) in [6.45, 7) is 3.30. The van der Waals surface area contributed by atoms with Crippen molar-refractivity contribution in [2.24, 2.45) is 5.92 Å². The third-order valence-corrected chi connectivity index (χ3v) is 6.95. The van der Waals surface area contributed by atoms with E-state index in [9.17, 15) is 4.79 Å². The first kappa shape index (κ1) is 23.9. The number of hydrogen-bond donors (Lipinski definition) is 2. The molecule has 0 bridgehead atoms. The van der Waals surface area contributed by atoms with Gasteiger partial charge in [-0.25, -0.2) is 4.98 Å². The summed E-state index contributed by atoms with van der Waals surface area (Å²) in [6.07, 6.45) is 9.94. The molecule has 3 heterocycles. The van der Waals surface area contributed by atoms with E-state index in [1.54, 1.807) is 18.2 Å². The van der Waals surface area contributed by atoms with Gasteiger partial charge in [0, 0.05) is 25.1 Å². The number of hydrogen-bond acceptors (Lipinski definition) is 6. The second-order valence-electron chi connectivity index (χ2n) is 9.25. The van der Waals surface area contributed by atoms with Crippen molar-refractivity contribution in [1.82, 2.24) is 19.4 Å². The van der Waals surface area contributed by atoms with Gasteiger partial charge < -0.3 is 24.8 Å². The van der Waals surface area contributed by atoms with Gasteiger partial charge in [0.25, 0.3) is 5.91 Å². The number of aromatic nitrogens is 3. The Morgan fingerprint density at radius 1 is 1.14 bits per heavy atom. The van der Waals surface area contributed by atoms with Gasteiger partial charge in [0.1, 0.15) is 11.7 Å². The number of amides is 1. The molecule has 8 nitrogen and oxygen atoms in total. The molecule has 1 aliphatic carbocycles. The van der Waals surface area contributed by atoms with Gasteiger partial charge in [0.05, 0.1) is 21.4 Å². The van der Waals surface area contributed by atoms with Crippen molar-refractivity contribution >= 4 is 46.4 Å². The largest absolute Gasteiger partial charge is 0.474 e. The van der Waals surface area contributed by atoms with Crippen molar-refractivity contribution in [1.29, 1.82) is 0 Å². The van der Waals surface area contributed by atoms with Crippen LogP contribution in [0.1, 0.15) is 36.0 Å². The zero-order valence-electron chi connectivity index (χ0n) is 19.5. The number of rotatable bonds is 8. The van der Waals surface area contributed by atoms with Crippen molar-refractivity contribution in [2.75, 3.05) is 30.8 Å². The van der Waals surface area contributed by atoms with Gasteiger partial charge in [-0.1, -0.05) is 29.3 Å². The van der Waals surface area contributed by atoms with Crippen LogP contribution in [0.5, 0.6) is 5.88 Å². The summed E-state index contributed by atoms with van der Waals surface area (Å²) >= 11 is 12.4. The Morgan fingerprint density at radius 3 is 2.60 bits per heavy atom. The van der Waals surface area contributed by atoms with Gasteiger partial charge in [-0.2, -0.15) is 4.98 Å². The summed E-state index contributed by atoms with van der Waals surface area (Å²) in [4.78, 5) is 24.3. The van der Waals surface area contributed by atoms with Gasteiger partial charge in [-0.3, -0.25) is 4.79 Å². The minimum atomic E-state index is -0.438. The van der Waals surface area contributed by atoms with Crippen molar-refractivity contribution in [2.45, 2.75) is 38.3 Å². The quantitative estimate of drug-likeness (QED) is 0.414. The first-order valence-electron chi connectivity index (χ1n) is 11.8. The highest BCUT2D eigenvalue weighted by Gasteiger charge is 2.28. The number of para-hydroxylation sites is 1. The lowest BCUT2D eigenvalue weighted by atomic mass is 9.97. The predicted octanol–water partition coefficient (Wildman–Crippen LogP) is 5.46. The molecule has 35 heavy (non-hydrogen) atoms. The lowest BCUT2D eigenvalue weighted by Crippen LogP contribution is -2.31. The van der Waals surface area contributed by atoms with Crippen LogP contribution in [-0.4, -0.2) is 51.6 Å². The van der Waals surface area contributed by atoms with E-state index in [1.807, 2.05) is 6.07 Å². The maximum absolute atomic E-state index is 13.0. The van der Waals surface area contributed by atoms with Gasteiger partial charge in [0.2, 0.25) is 11.8 Å². The van der Waals surface area contributed by atoms with E-state index in [2.05, 4.69) is 49.5 Å². The summed E-state index contributed by atoms with van der Waals surface area (Å²) in [5.41, 5.74) is 1.44. The van der Waals surface area contributed by atoms with Crippen LogP contribution in [-0.2, 0) is 6.54 Å². The Bertz CT molecular complexity index is 1180. The maximum atomic E-state index is 13.0. The van der Waals surface area contributed by atoms with Crippen LogP contribution < -0.4 is 15.4 Å². The smallest absolute Gasteiger partial charge is 0.262 e. The van der Waals surface area contributed by atoms with Crippen molar-refractivity contribution in [3.8, 4) is 5.88 Å². The topological polar surface area (TPSA) is 84.3 Å². The van der Waals surface area contributed by atoms with Gasteiger partial charge in [0.15, 0.2) is 0 Å². The second kappa shape index (κ2) is 10.4. The maximum Gasteiger partial charge on any atom is 0.262 e. The van der Waals surface area contributed by atoms with E-state index in [0.717, 1.165) is 38.2 Å². The number of piperidine rings is 1. The third kappa shape index (κ3) is 6.07. The average molecular weight is 515 g/mol. The molecule has 1 aliphatic heterocycles. The minimum absolute atomic E-state index is 0.0591. The number of carbonyl (C=O) groups is 1. The highest BCUT2D eigenvalue weighted by atomic mass is 35.5. The molecule has 1 saturated heterocycles. The molecule has 2 fully saturated rings. The van der Waals surface area contributed by atoms with Crippen LogP contribution in [0.2, 0.25) is 10.0 Å². The molecule has 1 amide bonds. The molecule has 184 valence electrons. The van der Waals surface area contributed by atoms with E-state index in [-0.39, 0.29) is 17.5 Å². The fraction of sp³-hybridized carbons (Fsp3) is 0.400. The standard InChI is InChI=1S/C25H28Cl2N6O2/c1-32-10-7-16(8-11-32)14-33-12-9-17(15-33)29-25-28-13-19(24(31-25)35-18-5-6-18)23(34)30-22-20(26)3-2-4-21(22)27/h2-4,9,12-13,15-16,18H,5-8,10-11,14H2,1H3,(H,30,34)(H,28,29,31). The predicted molar refractivity (Wildman–Crippen MR) is 138 cm³/mol. The summed E-state index contributed by atoms with van der Waals surface area (Å²) < 4.78 is 8.14. The number of anilines is 3. The summed E-state index contributed by atoms with van der Waals surface area (Å²) in [6, 6.07) is 7.03. The zero-order chi connectivity index (χ0) is 24.4. The number of benzene rings is 1. The molecule has 2 aliphatic rings. The van der Waals surface area contributed by atoms with Crippen LogP contribution in [0.4, 0.5) is 17.3 Å². The zero-order valence-corrected chi connectivity index (χ0v) is 21.0. The number of nitrogens with one attached hydrogen (secondary N) is 2. The van der Waals surface area contributed by atoms with E-state index in [0.29, 0.717) is 27.6 Å². The molecule has 1 aromatic carbocycles. The number of likely N-dealkylation sites (tertiary alicyclic amines) is 1. The molecule has 0 radical (unpaired) electrons. The Labute approximate surface area is 214 Å². The lowest BCUT2D eigenvalue weighted by molar-refractivity contribution is 0.102. The monoisotopic (exact) mass is 514 g/mol. The number of ether oxygens (including phenoxy) is 1. The van der Waals surface area contributed by atoms with Crippen molar-refractivity contribution in [3.05, 3.63) is 58.5 Å². The first-order chi connectivity index (χ1) is 16.9. The minimum Gasteiger partial charge on any atom is -0.474 e. The number of carbonyl (C=O) groups excluding carboxylic acids is 1. The Kier molecular flexibility index (Phi) is 7.13. The average Bonchev–Trinajstić information content (AvgIpc) is 3.55. The van der Waals surface area contributed by atoms with E-state index in [4.69, 9.17) is 27.9 Å². The van der Waals surface area contributed by atoms with Crippen LogP contribution in [0.15, 0.2) is 42.9 Å². The van der Waals surface area contributed by atoms with Crippen LogP contribution in [0, 0.1) is 5.92 Å². The molecule has 5 rings (SSSR count). The third-order valence-electron chi connectivity index (χ3n) is 6.32. The molecule has 2 N–H and O–H groups in total. The molecule has 10 heteroatoms. The second-order valence-corrected chi connectivity index (χ2v) is 10.1. The SMILES string of the molecule is CN1CCC(Cn2ccc(Nc3ncc(C(=O)Nc4c(Cl)cccc4Cl)c(OC4CC4)n3)c2)CC1. The highest BCUT2D eigenvalue weighted by molar-refractivity contribution is 6.40. The Balaban J connectivity index is 1.29. The van der Waals surface area contributed by atoms with E-state index in [1.165, 1.54) is 19.0 Å². The summed E-state index contributed by atoms with van der Waals surface area (Å²) in [5, 5.41) is 6.68. The summed E-state index contributed by atoms with van der Waals surface area (Å²) in [7, 11) is 2.18. The van der Waals surface area contributed by atoms with Gasteiger partial charge in [-0.05, 0) is 69.9 Å². The van der Waals surface area contributed by atoms with Gasteiger partial charge >= 0.3 is 0 Å². The molecule has 3 aromatic rings. The lowest BCUT2D eigenvalue weighted by Gasteiger charge is -2.29. The van der Waals surface area contributed by atoms with Crippen LogP contribution >= 0.6 is 23.2 Å². The number of halogens is 2. The molecule has 0 atom stereocenters. The summed E-state index contributed by atoms with van der Waals surface area (Å²) in [5.74, 6) is 0.846. The molecule has 0 spiro atoms. The highest BCUT2D eigenvalue weighted by Crippen LogP contribution is 2.32. The molecule has 2 aromatic heterocycles. The van der Waals surface area contributed by atoms with Gasteiger partial charge in [-0.15, -0.1) is 0 Å². The normalized spacial score (nSPS) is 16.8. The van der Waals surface area contributed by atoms with Crippen molar-refractivity contribution < 1.29 is 9.53 Å². The molecular weight excluding hydrogens is 487 g/mol. The Hall–Kier alpha value is -2.81. The fourth-order valence-electron chi connectivity index (χ4n) is 4.11. The fourth-order valence-corrected chi connectivity index (χ4v) is 4.61. The molecule has 0 unspecified atom stereocenters. The van der Waals surface area contributed by atoms with Crippen molar-refractivity contribution in [3.63, 3.8) is 0 Å². The van der Waals surface area contributed by atoms with Crippen LogP contribution in [0.3, 0.4) is 0 Å². The number of nitrogens with zero attached hydrogens (tertiary/aromatic N) is 4. The molecule has 1 saturated carbocycles. The first-order valence-corrected chi connectivity index (χ1v) is 12.6. The Morgan fingerprint density at radius 2 is 1.89 bits per heavy atom.